The van der Waals surface area contributed by atoms with Crippen LogP contribution in [0.3, 0.4) is 0 Å². The average Bonchev–Trinajstić information content (AvgIpc) is 3.03. The van der Waals surface area contributed by atoms with Crippen LogP contribution in [0, 0.1) is 5.82 Å². The molecule has 5 heteroatoms. The molecule has 3 N–H and O–H groups in total. The zero-order chi connectivity index (χ0) is 18.8. The third-order valence-corrected chi connectivity index (χ3v) is 4.69. The van der Waals surface area contributed by atoms with Crippen LogP contribution >= 0.6 is 0 Å². The Morgan fingerprint density at radius 1 is 0.889 bits per heavy atom. The van der Waals surface area contributed by atoms with Crippen molar-refractivity contribution >= 4 is 27.7 Å². The van der Waals surface area contributed by atoms with Crippen molar-refractivity contribution in [2.45, 2.75) is 19.6 Å². The van der Waals surface area contributed by atoms with E-state index >= 15 is 0 Å². The second kappa shape index (κ2) is 7.21. The number of aromatic nitrogens is 1. The van der Waals surface area contributed by atoms with E-state index in [2.05, 4.69) is 10.3 Å². The second-order valence-corrected chi connectivity index (χ2v) is 6.62. The van der Waals surface area contributed by atoms with Gasteiger partial charge in [0, 0.05) is 28.4 Å². The van der Waals surface area contributed by atoms with Crippen LogP contribution < -0.4 is 5.32 Å². The minimum atomic E-state index is -0.277. The first kappa shape index (κ1) is 17.2. The lowest BCUT2D eigenvalue weighted by atomic mass is 10.1. The predicted molar refractivity (Wildman–Crippen MR) is 104 cm³/mol. The number of rotatable bonds is 5. The molecule has 0 saturated carbocycles. The number of H-pyrrole nitrogens is 1. The summed E-state index contributed by atoms with van der Waals surface area (Å²) in [6, 6.07) is 18.0. The summed E-state index contributed by atoms with van der Waals surface area (Å²) < 4.78 is 13.4. The molecule has 1 amide bonds. The Morgan fingerprint density at radius 3 is 2.26 bits per heavy atom. The van der Waals surface area contributed by atoms with Crippen molar-refractivity contribution in [3.63, 3.8) is 0 Å². The van der Waals surface area contributed by atoms with Gasteiger partial charge in [-0.1, -0.05) is 36.4 Å². The summed E-state index contributed by atoms with van der Waals surface area (Å²) in [4.78, 5) is 15.5. The number of aliphatic hydroxyl groups excluding tert-OH is 1. The number of aromatic amines is 1. The van der Waals surface area contributed by atoms with Crippen molar-refractivity contribution in [3.8, 4) is 0 Å². The number of carbonyl (C=O) groups excluding carboxylic acids is 1. The molecule has 0 fully saturated rings. The lowest BCUT2D eigenvalue weighted by Gasteiger charge is -2.06. The molecule has 1 aromatic heterocycles. The summed E-state index contributed by atoms with van der Waals surface area (Å²) in [6.07, 6.45) is 0.272. The van der Waals surface area contributed by atoms with Crippen LogP contribution in [0.25, 0.3) is 21.8 Å². The van der Waals surface area contributed by atoms with Crippen molar-refractivity contribution in [1.29, 1.82) is 0 Å². The minimum Gasteiger partial charge on any atom is -0.392 e. The van der Waals surface area contributed by atoms with Crippen LogP contribution in [0.1, 0.15) is 16.7 Å². The quantitative estimate of drug-likeness (QED) is 0.505. The van der Waals surface area contributed by atoms with Gasteiger partial charge in [-0.15, -0.1) is 0 Å². The molecule has 0 unspecified atom stereocenters. The van der Waals surface area contributed by atoms with Crippen molar-refractivity contribution in [3.05, 3.63) is 83.2 Å². The van der Waals surface area contributed by atoms with Crippen LogP contribution in [-0.2, 0) is 24.4 Å². The van der Waals surface area contributed by atoms with Gasteiger partial charge in [-0.2, -0.15) is 0 Å². The monoisotopic (exact) mass is 362 g/mol. The van der Waals surface area contributed by atoms with E-state index in [1.807, 2.05) is 42.5 Å². The maximum atomic E-state index is 13.4. The number of aliphatic hydroxyl groups is 1. The molecule has 136 valence electrons. The van der Waals surface area contributed by atoms with Gasteiger partial charge >= 0.3 is 0 Å². The van der Waals surface area contributed by atoms with Crippen LogP contribution in [0.15, 0.2) is 60.7 Å². The Balaban J connectivity index is 1.45. The Morgan fingerprint density at radius 2 is 1.52 bits per heavy atom. The van der Waals surface area contributed by atoms with Crippen molar-refractivity contribution < 1.29 is 14.3 Å². The lowest BCUT2D eigenvalue weighted by molar-refractivity contribution is -0.120. The van der Waals surface area contributed by atoms with E-state index in [1.165, 1.54) is 12.1 Å². The molecular weight excluding hydrogens is 343 g/mol. The molecule has 0 aliphatic carbocycles. The van der Waals surface area contributed by atoms with Gasteiger partial charge in [0.2, 0.25) is 5.91 Å². The molecule has 4 nitrogen and oxygen atoms in total. The molecule has 0 aliphatic rings. The van der Waals surface area contributed by atoms with E-state index in [0.29, 0.717) is 6.54 Å². The van der Waals surface area contributed by atoms with Gasteiger partial charge in [0.15, 0.2) is 0 Å². The topological polar surface area (TPSA) is 65.1 Å². The van der Waals surface area contributed by atoms with Crippen LogP contribution in [0.2, 0.25) is 0 Å². The van der Waals surface area contributed by atoms with E-state index in [-0.39, 0.29) is 24.8 Å². The van der Waals surface area contributed by atoms with Gasteiger partial charge in [0.05, 0.1) is 13.0 Å². The van der Waals surface area contributed by atoms with Crippen molar-refractivity contribution in [2.24, 2.45) is 0 Å². The molecule has 4 aromatic rings. The highest BCUT2D eigenvalue weighted by atomic mass is 19.1. The zero-order valence-electron chi connectivity index (χ0n) is 14.6. The van der Waals surface area contributed by atoms with E-state index in [9.17, 15) is 9.18 Å². The summed E-state index contributed by atoms with van der Waals surface area (Å²) >= 11 is 0. The Bertz CT molecular complexity index is 1120. The fourth-order valence-electron chi connectivity index (χ4n) is 3.25. The normalized spacial score (nSPS) is 11.2. The Labute approximate surface area is 155 Å². The highest BCUT2D eigenvalue weighted by Gasteiger charge is 2.08. The summed E-state index contributed by atoms with van der Waals surface area (Å²) in [6.45, 7) is 0.452. The number of hydrogen-bond acceptors (Lipinski definition) is 2. The fraction of sp³-hybridized carbons (Fsp3) is 0.136. The first-order chi connectivity index (χ1) is 13.1. The lowest BCUT2D eigenvalue weighted by Crippen LogP contribution is -2.24. The van der Waals surface area contributed by atoms with Gasteiger partial charge in [-0.05, 0) is 41.0 Å². The van der Waals surface area contributed by atoms with E-state index in [4.69, 9.17) is 5.11 Å². The highest BCUT2D eigenvalue weighted by molar-refractivity contribution is 6.07. The SMILES string of the molecule is O=C(Cc1ccc2c(c1)[nH]c1cc(F)ccc12)NCc1ccc(CO)cc1. The third-order valence-electron chi connectivity index (χ3n) is 4.69. The van der Waals surface area contributed by atoms with Gasteiger partial charge in [-0.3, -0.25) is 4.79 Å². The Kier molecular flexibility index (Phi) is 4.60. The number of benzene rings is 3. The van der Waals surface area contributed by atoms with Crippen molar-refractivity contribution in [2.75, 3.05) is 0 Å². The summed E-state index contributed by atoms with van der Waals surface area (Å²) in [5.41, 5.74) is 4.35. The molecular formula is C22H19FN2O2. The number of hydrogen-bond donors (Lipinski definition) is 3. The number of nitrogens with one attached hydrogen (secondary N) is 2. The zero-order valence-corrected chi connectivity index (χ0v) is 14.6. The number of halogens is 1. The van der Waals surface area contributed by atoms with Gasteiger partial charge in [-0.25, -0.2) is 4.39 Å². The maximum Gasteiger partial charge on any atom is 0.224 e. The summed E-state index contributed by atoms with van der Waals surface area (Å²) in [7, 11) is 0. The average molecular weight is 362 g/mol. The van der Waals surface area contributed by atoms with Gasteiger partial charge in [0.25, 0.3) is 0 Å². The van der Waals surface area contributed by atoms with Crippen LogP contribution in [-0.4, -0.2) is 16.0 Å². The molecule has 1 heterocycles. The molecule has 0 saturated heterocycles. The molecule has 0 spiro atoms. The van der Waals surface area contributed by atoms with Gasteiger partial charge in [0.1, 0.15) is 5.82 Å². The Hall–Kier alpha value is -3.18. The van der Waals surface area contributed by atoms with E-state index in [0.717, 1.165) is 38.5 Å². The van der Waals surface area contributed by atoms with Crippen LogP contribution in [0.4, 0.5) is 4.39 Å². The third kappa shape index (κ3) is 3.68. The van der Waals surface area contributed by atoms with Crippen molar-refractivity contribution in [1.82, 2.24) is 10.3 Å². The summed E-state index contributed by atoms with van der Waals surface area (Å²) in [5.74, 6) is -0.344. The predicted octanol–water partition coefficient (Wildman–Crippen LogP) is 3.81. The fourth-order valence-corrected chi connectivity index (χ4v) is 3.25. The first-order valence-electron chi connectivity index (χ1n) is 8.77. The van der Waals surface area contributed by atoms with Gasteiger partial charge < -0.3 is 15.4 Å². The molecule has 0 radical (unpaired) electrons. The molecule has 0 atom stereocenters. The minimum absolute atomic E-state index is 0.00944. The first-order valence-corrected chi connectivity index (χ1v) is 8.77. The van der Waals surface area contributed by atoms with Crippen LogP contribution in [0.5, 0.6) is 0 Å². The molecule has 0 bridgehead atoms. The molecule has 27 heavy (non-hydrogen) atoms. The number of fused-ring (bicyclic) bond motifs is 3. The molecule has 0 aliphatic heterocycles. The largest absolute Gasteiger partial charge is 0.392 e. The smallest absolute Gasteiger partial charge is 0.224 e. The molecule has 4 rings (SSSR count). The highest BCUT2D eigenvalue weighted by Crippen LogP contribution is 2.26. The summed E-state index contributed by atoms with van der Waals surface area (Å²) in [5, 5.41) is 13.9. The molecule has 3 aromatic carbocycles. The maximum absolute atomic E-state index is 13.4. The standard InChI is InChI=1S/C22H19FN2O2/c23-17-6-8-19-18-7-5-16(9-20(18)25-21(19)11-17)10-22(27)24-12-14-1-3-15(13-26)4-2-14/h1-9,11,25-26H,10,12-13H2,(H,24,27). The second-order valence-electron chi connectivity index (χ2n) is 6.62. The number of carbonyl (C=O) groups is 1. The van der Waals surface area contributed by atoms with E-state index < -0.39 is 0 Å². The number of amides is 1. The van der Waals surface area contributed by atoms with E-state index in [1.54, 1.807) is 6.07 Å².